The summed E-state index contributed by atoms with van der Waals surface area (Å²) >= 11 is 0. The van der Waals surface area contributed by atoms with Gasteiger partial charge in [0, 0.05) is 0 Å². The largest absolute Gasteiger partial charge is 0.241 e. The van der Waals surface area contributed by atoms with E-state index in [0.717, 1.165) is 22.3 Å². The molecule has 0 heterocycles. The Balaban J connectivity index is 4.73. The molecule has 0 radical (unpaired) electrons. The standard InChI is InChI=1S/C15H34S/c1-9-10-14(6)16(7,8)15(13(4)5)11-12(2)3/h12-15H,9-11H2,1-8H3. The average Bonchev–Trinajstić information content (AvgIpc) is 2.13. The van der Waals surface area contributed by atoms with Crippen LogP contribution in [-0.2, 0) is 0 Å². The smallest absolute Gasteiger partial charge is 0.00888 e. The lowest BCUT2D eigenvalue weighted by Crippen LogP contribution is -2.30. The van der Waals surface area contributed by atoms with E-state index < -0.39 is 10.0 Å². The third-order valence-electron chi connectivity index (χ3n) is 3.96. The molecule has 2 unspecified atom stereocenters. The molecule has 0 spiro atoms. The molecule has 0 bridgehead atoms. The van der Waals surface area contributed by atoms with Crippen molar-refractivity contribution in [3.05, 3.63) is 0 Å². The van der Waals surface area contributed by atoms with E-state index in [1.54, 1.807) is 0 Å². The van der Waals surface area contributed by atoms with Gasteiger partial charge in [0.1, 0.15) is 0 Å². The minimum absolute atomic E-state index is 0.458. The summed E-state index contributed by atoms with van der Waals surface area (Å²) in [4.78, 5) is 0. The molecule has 0 saturated carbocycles. The van der Waals surface area contributed by atoms with Gasteiger partial charge in [-0.05, 0) is 47.7 Å². The summed E-state index contributed by atoms with van der Waals surface area (Å²) in [6, 6.07) is 0. The molecular formula is C15H34S. The number of rotatable bonds is 7. The van der Waals surface area contributed by atoms with Crippen molar-refractivity contribution >= 4 is 10.0 Å². The van der Waals surface area contributed by atoms with Crippen molar-refractivity contribution in [2.24, 2.45) is 11.8 Å². The first-order valence-electron chi connectivity index (χ1n) is 6.94. The van der Waals surface area contributed by atoms with E-state index in [1.807, 2.05) is 0 Å². The van der Waals surface area contributed by atoms with Crippen LogP contribution in [0.25, 0.3) is 0 Å². The fourth-order valence-electron chi connectivity index (χ4n) is 2.69. The Bertz CT molecular complexity index is 182. The molecule has 2 atom stereocenters. The highest BCUT2D eigenvalue weighted by atomic mass is 32.3. The van der Waals surface area contributed by atoms with Crippen molar-refractivity contribution in [3.8, 4) is 0 Å². The van der Waals surface area contributed by atoms with E-state index in [0.29, 0.717) is 0 Å². The number of hydrogen-bond acceptors (Lipinski definition) is 0. The van der Waals surface area contributed by atoms with E-state index in [-0.39, 0.29) is 0 Å². The van der Waals surface area contributed by atoms with Crippen molar-refractivity contribution in [1.82, 2.24) is 0 Å². The molecule has 0 fully saturated rings. The van der Waals surface area contributed by atoms with Gasteiger partial charge >= 0.3 is 0 Å². The van der Waals surface area contributed by atoms with E-state index in [9.17, 15) is 0 Å². The van der Waals surface area contributed by atoms with Gasteiger partial charge in [-0.1, -0.05) is 48.0 Å². The Kier molecular flexibility index (Phi) is 7.09. The second-order valence-corrected chi connectivity index (χ2v) is 10.9. The summed E-state index contributed by atoms with van der Waals surface area (Å²) in [6.07, 6.45) is 9.29. The van der Waals surface area contributed by atoms with Crippen LogP contribution in [0.5, 0.6) is 0 Å². The molecule has 0 aromatic carbocycles. The average molecular weight is 247 g/mol. The van der Waals surface area contributed by atoms with E-state index in [2.05, 4.69) is 54.1 Å². The molecule has 0 N–H and O–H groups in total. The summed E-state index contributed by atoms with van der Waals surface area (Å²) in [6.45, 7) is 14.4. The van der Waals surface area contributed by atoms with Crippen molar-refractivity contribution < 1.29 is 0 Å². The monoisotopic (exact) mass is 246 g/mol. The lowest BCUT2D eigenvalue weighted by molar-refractivity contribution is 0.483. The zero-order chi connectivity index (χ0) is 12.9. The first-order valence-corrected chi connectivity index (χ1v) is 9.52. The maximum absolute atomic E-state index is 2.57. The Morgan fingerprint density at radius 2 is 1.44 bits per heavy atom. The first kappa shape index (κ1) is 16.4. The van der Waals surface area contributed by atoms with E-state index in [1.165, 1.54) is 19.3 Å². The van der Waals surface area contributed by atoms with Crippen LogP contribution in [0, 0.1) is 11.8 Å². The lowest BCUT2D eigenvalue weighted by atomic mass is 10.0. The van der Waals surface area contributed by atoms with Gasteiger partial charge in [-0.2, -0.15) is 0 Å². The lowest BCUT2D eigenvalue weighted by Gasteiger charge is -2.48. The summed E-state index contributed by atoms with van der Waals surface area (Å²) in [5, 5.41) is 1.86. The maximum atomic E-state index is 2.57. The Morgan fingerprint density at radius 1 is 0.938 bits per heavy atom. The topological polar surface area (TPSA) is 0 Å². The predicted molar refractivity (Wildman–Crippen MR) is 81.9 cm³/mol. The van der Waals surface area contributed by atoms with Crippen molar-refractivity contribution in [2.45, 2.75) is 71.3 Å². The zero-order valence-electron chi connectivity index (χ0n) is 12.8. The minimum atomic E-state index is -0.458. The molecule has 0 rings (SSSR count). The van der Waals surface area contributed by atoms with Crippen LogP contribution in [0.3, 0.4) is 0 Å². The Morgan fingerprint density at radius 3 is 1.75 bits per heavy atom. The molecule has 0 aliphatic carbocycles. The molecule has 100 valence electrons. The molecule has 0 nitrogen and oxygen atoms in total. The fraction of sp³-hybridized carbons (Fsp3) is 1.00. The van der Waals surface area contributed by atoms with Crippen molar-refractivity contribution in [3.63, 3.8) is 0 Å². The molecule has 16 heavy (non-hydrogen) atoms. The predicted octanol–water partition coefficient (Wildman–Crippen LogP) is 5.31. The molecule has 0 aliphatic heterocycles. The van der Waals surface area contributed by atoms with Gasteiger partial charge in [-0.15, -0.1) is 0 Å². The SMILES string of the molecule is CCCC(C)S(C)(C)C(CC(C)C)C(C)C. The number of hydrogen-bond donors (Lipinski definition) is 0. The molecule has 0 aromatic heterocycles. The molecule has 0 aromatic rings. The van der Waals surface area contributed by atoms with E-state index >= 15 is 0 Å². The third-order valence-corrected chi connectivity index (χ3v) is 8.57. The van der Waals surface area contributed by atoms with Crippen LogP contribution in [0.4, 0.5) is 0 Å². The van der Waals surface area contributed by atoms with Crippen LogP contribution >= 0.6 is 10.0 Å². The molecular weight excluding hydrogens is 212 g/mol. The second-order valence-electron chi connectivity index (χ2n) is 6.50. The van der Waals surface area contributed by atoms with Crippen molar-refractivity contribution in [2.75, 3.05) is 12.5 Å². The highest BCUT2D eigenvalue weighted by molar-refractivity contribution is 8.33. The maximum Gasteiger partial charge on any atom is -0.00888 e. The summed E-state index contributed by atoms with van der Waals surface area (Å²) < 4.78 is 0. The Labute approximate surface area is 106 Å². The Hall–Kier alpha value is 0.350. The summed E-state index contributed by atoms with van der Waals surface area (Å²) in [7, 11) is -0.458. The van der Waals surface area contributed by atoms with Crippen LogP contribution in [0.1, 0.15) is 60.8 Å². The first-order chi connectivity index (χ1) is 7.23. The zero-order valence-corrected chi connectivity index (χ0v) is 13.7. The van der Waals surface area contributed by atoms with Gasteiger partial charge in [0.2, 0.25) is 0 Å². The molecule has 0 saturated heterocycles. The highest BCUT2D eigenvalue weighted by Gasteiger charge is 2.31. The van der Waals surface area contributed by atoms with Crippen LogP contribution in [-0.4, -0.2) is 23.0 Å². The van der Waals surface area contributed by atoms with Crippen LogP contribution in [0.2, 0.25) is 0 Å². The summed E-state index contributed by atoms with van der Waals surface area (Å²) in [5.74, 6) is 1.68. The molecule has 1 heteroatoms. The van der Waals surface area contributed by atoms with Crippen LogP contribution < -0.4 is 0 Å². The quantitative estimate of drug-likeness (QED) is 0.571. The van der Waals surface area contributed by atoms with Gasteiger partial charge in [-0.25, -0.2) is 10.0 Å². The minimum Gasteiger partial charge on any atom is -0.241 e. The van der Waals surface area contributed by atoms with E-state index in [4.69, 9.17) is 0 Å². The van der Waals surface area contributed by atoms with Gasteiger partial charge in [-0.3, -0.25) is 0 Å². The van der Waals surface area contributed by atoms with Gasteiger partial charge < -0.3 is 0 Å². The second kappa shape index (κ2) is 6.93. The highest BCUT2D eigenvalue weighted by Crippen LogP contribution is 2.55. The van der Waals surface area contributed by atoms with Crippen LogP contribution in [0.15, 0.2) is 0 Å². The van der Waals surface area contributed by atoms with Gasteiger partial charge in [0.25, 0.3) is 0 Å². The normalized spacial score (nSPS) is 17.9. The third kappa shape index (κ3) is 4.69. The van der Waals surface area contributed by atoms with Gasteiger partial charge in [0.05, 0.1) is 0 Å². The summed E-state index contributed by atoms with van der Waals surface area (Å²) in [5.41, 5.74) is 0. The molecule has 0 amide bonds. The van der Waals surface area contributed by atoms with Gasteiger partial charge in [0.15, 0.2) is 0 Å². The fourth-order valence-corrected chi connectivity index (χ4v) is 6.42. The molecule has 0 aliphatic rings. The van der Waals surface area contributed by atoms with Crippen molar-refractivity contribution in [1.29, 1.82) is 0 Å².